The zero-order valence-electron chi connectivity index (χ0n) is 14.4. The quantitative estimate of drug-likeness (QED) is 0.778. The standard InChI is InChI=1S/C19H20ClN3O2/c1-12-7-14(20)9-15-16(24)10-19(25-18(12)15)3-5-23(6-4-19)17-8-13(2)21-11-22-17/h7-9,11H,3-6,10H2,1-2H3. The predicted octanol–water partition coefficient (Wildman–Crippen LogP) is 3.75. The Balaban J connectivity index is 1.56. The highest BCUT2D eigenvalue weighted by Gasteiger charge is 2.43. The van der Waals surface area contributed by atoms with E-state index in [1.54, 1.807) is 12.4 Å². The van der Waals surface area contributed by atoms with E-state index in [0.717, 1.165) is 43.0 Å². The lowest BCUT2D eigenvalue weighted by Gasteiger charge is -2.44. The Morgan fingerprint density at radius 3 is 2.64 bits per heavy atom. The first-order valence-electron chi connectivity index (χ1n) is 8.52. The van der Waals surface area contributed by atoms with Crippen molar-refractivity contribution >= 4 is 23.2 Å². The summed E-state index contributed by atoms with van der Waals surface area (Å²) in [5.74, 6) is 1.76. The van der Waals surface area contributed by atoms with Crippen molar-refractivity contribution in [2.75, 3.05) is 18.0 Å². The fourth-order valence-electron chi connectivity index (χ4n) is 3.75. The van der Waals surface area contributed by atoms with E-state index in [1.807, 2.05) is 26.0 Å². The lowest BCUT2D eigenvalue weighted by atomic mass is 9.82. The summed E-state index contributed by atoms with van der Waals surface area (Å²) in [5.41, 5.74) is 2.07. The van der Waals surface area contributed by atoms with Crippen LogP contribution in [0.5, 0.6) is 5.75 Å². The van der Waals surface area contributed by atoms with Gasteiger partial charge in [0, 0.05) is 42.7 Å². The van der Waals surface area contributed by atoms with Crippen LogP contribution >= 0.6 is 11.6 Å². The van der Waals surface area contributed by atoms with Crippen LogP contribution in [0.3, 0.4) is 0 Å². The van der Waals surface area contributed by atoms with Crippen molar-refractivity contribution in [2.24, 2.45) is 0 Å². The Labute approximate surface area is 152 Å². The molecule has 1 fully saturated rings. The molecule has 0 unspecified atom stereocenters. The second kappa shape index (κ2) is 5.99. The first-order chi connectivity index (χ1) is 12.0. The van der Waals surface area contributed by atoms with E-state index in [4.69, 9.17) is 16.3 Å². The van der Waals surface area contributed by atoms with Gasteiger partial charge < -0.3 is 9.64 Å². The molecule has 2 aromatic rings. The molecule has 1 spiro atoms. The molecule has 0 atom stereocenters. The van der Waals surface area contributed by atoms with E-state index in [1.165, 1.54) is 0 Å². The molecule has 1 aromatic carbocycles. The Kier molecular flexibility index (Phi) is 3.91. The summed E-state index contributed by atoms with van der Waals surface area (Å²) in [5, 5.41) is 0.582. The third-order valence-electron chi connectivity index (χ3n) is 5.13. The van der Waals surface area contributed by atoms with Crippen molar-refractivity contribution in [2.45, 2.75) is 38.7 Å². The van der Waals surface area contributed by atoms with Crippen LogP contribution in [0.15, 0.2) is 24.5 Å². The number of halogens is 1. The summed E-state index contributed by atoms with van der Waals surface area (Å²) in [6.45, 7) is 5.53. The molecular weight excluding hydrogens is 338 g/mol. The van der Waals surface area contributed by atoms with Gasteiger partial charge in [0.2, 0.25) is 0 Å². The van der Waals surface area contributed by atoms with Crippen LogP contribution in [0.1, 0.15) is 40.9 Å². The van der Waals surface area contributed by atoms with Crippen molar-refractivity contribution in [3.05, 3.63) is 46.4 Å². The fraction of sp³-hybridized carbons (Fsp3) is 0.421. The Hall–Kier alpha value is -2.14. The lowest BCUT2D eigenvalue weighted by molar-refractivity contribution is 0.0225. The summed E-state index contributed by atoms with van der Waals surface area (Å²) in [4.78, 5) is 23.4. The highest BCUT2D eigenvalue weighted by Crippen LogP contribution is 2.42. The van der Waals surface area contributed by atoms with Gasteiger partial charge in [0.1, 0.15) is 23.5 Å². The number of rotatable bonds is 1. The van der Waals surface area contributed by atoms with Gasteiger partial charge in [-0.25, -0.2) is 9.97 Å². The molecule has 130 valence electrons. The number of Topliss-reactive ketones (excluding diaryl/α,β-unsaturated/α-hetero) is 1. The number of nitrogens with zero attached hydrogens (tertiary/aromatic N) is 3. The maximum Gasteiger partial charge on any atom is 0.170 e. The molecule has 5 nitrogen and oxygen atoms in total. The minimum absolute atomic E-state index is 0.123. The normalized spacial score (nSPS) is 18.8. The topological polar surface area (TPSA) is 55.3 Å². The van der Waals surface area contributed by atoms with Gasteiger partial charge in [-0.1, -0.05) is 11.6 Å². The molecular formula is C19H20ClN3O2. The molecule has 25 heavy (non-hydrogen) atoms. The smallest absolute Gasteiger partial charge is 0.170 e. The summed E-state index contributed by atoms with van der Waals surface area (Å²) in [7, 11) is 0. The molecule has 0 radical (unpaired) electrons. The monoisotopic (exact) mass is 357 g/mol. The molecule has 0 bridgehead atoms. The molecule has 1 saturated heterocycles. The van der Waals surface area contributed by atoms with Crippen LogP contribution in [0.25, 0.3) is 0 Å². The van der Waals surface area contributed by atoms with E-state index < -0.39 is 5.60 Å². The molecule has 6 heteroatoms. The van der Waals surface area contributed by atoms with Crippen LogP contribution in [0, 0.1) is 13.8 Å². The molecule has 0 N–H and O–H groups in total. The molecule has 1 aromatic heterocycles. The summed E-state index contributed by atoms with van der Waals surface area (Å²) < 4.78 is 6.39. The van der Waals surface area contributed by atoms with Crippen LogP contribution in [-0.4, -0.2) is 34.4 Å². The molecule has 0 aliphatic carbocycles. The lowest BCUT2D eigenvalue weighted by Crippen LogP contribution is -2.51. The number of carbonyl (C=O) groups is 1. The van der Waals surface area contributed by atoms with Crippen LogP contribution < -0.4 is 9.64 Å². The Bertz CT molecular complexity index is 845. The van der Waals surface area contributed by atoms with Gasteiger partial charge in [-0.3, -0.25) is 4.79 Å². The molecule has 2 aliphatic heterocycles. The maximum absolute atomic E-state index is 12.7. The number of carbonyl (C=O) groups excluding carboxylic acids is 1. The SMILES string of the molecule is Cc1cc(N2CCC3(CC2)CC(=O)c2cc(Cl)cc(C)c2O3)ncn1. The highest BCUT2D eigenvalue weighted by atomic mass is 35.5. The van der Waals surface area contributed by atoms with Gasteiger partial charge >= 0.3 is 0 Å². The average molecular weight is 358 g/mol. The number of aryl methyl sites for hydroxylation is 2. The largest absolute Gasteiger partial charge is 0.486 e. The van der Waals surface area contributed by atoms with Crippen LogP contribution in [0.2, 0.25) is 5.02 Å². The maximum atomic E-state index is 12.7. The zero-order chi connectivity index (χ0) is 17.6. The van der Waals surface area contributed by atoms with Crippen molar-refractivity contribution in [3.8, 4) is 5.75 Å². The predicted molar refractivity (Wildman–Crippen MR) is 96.7 cm³/mol. The van der Waals surface area contributed by atoms with Gasteiger partial charge in [0.25, 0.3) is 0 Å². The van der Waals surface area contributed by atoms with Gasteiger partial charge in [0.05, 0.1) is 12.0 Å². The van der Waals surface area contributed by atoms with Gasteiger partial charge in [-0.15, -0.1) is 0 Å². The molecule has 0 saturated carbocycles. The van der Waals surface area contributed by atoms with E-state index in [9.17, 15) is 4.79 Å². The number of piperidine rings is 1. The van der Waals surface area contributed by atoms with Crippen LogP contribution in [-0.2, 0) is 0 Å². The molecule has 0 amide bonds. The van der Waals surface area contributed by atoms with Gasteiger partial charge in [-0.05, 0) is 31.5 Å². The van der Waals surface area contributed by atoms with E-state index >= 15 is 0 Å². The minimum atomic E-state index is -0.415. The first kappa shape index (κ1) is 16.3. The fourth-order valence-corrected chi connectivity index (χ4v) is 4.02. The summed E-state index contributed by atoms with van der Waals surface area (Å²) in [6.07, 6.45) is 3.60. The average Bonchev–Trinajstić information content (AvgIpc) is 2.57. The van der Waals surface area contributed by atoms with E-state index in [-0.39, 0.29) is 5.78 Å². The highest BCUT2D eigenvalue weighted by molar-refractivity contribution is 6.31. The summed E-state index contributed by atoms with van der Waals surface area (Å²) >= 11 is 6.10. The Morgan fingerprint density at radius 2 is 1.92 bits per heavy atom. The van der Waals surface area contributed by atoms with Gasteiger partial charge in [0.15, 0.2) is 5.78 Å². The molecule has 3 heterocycles. The molecule has 4 rings (SSSR count). The number of ether oxygens (including phenoxy) is 1. The van der Waals surface area contributed by atoms with Crippen molar-refractivity contribution in [1.82, 2.24) is 9.97 Å². The first-order valence-corrected chi connectivity index (χ1v) is 8.90. The number of ketones is 1. The third-order valence-corrected chi connectivity index (χ3v) is 5.35. The second-order valence-electron chi connectivity index (χ2n) is 6.99. The number of benzene rings is 1. The Morgan fingerprint density at radius 1 is 1.16 bits per heavy atom. The number of anilines is 1. The minimum Gasteiger partial charge on any atom is -0.486 e. The van der Waals surface area contributed by atoms with Crippen molar-refractivity contribution in [1.29, 1.82) is 0 Å². The van der Waals surface area contributed by atoms with Crippen molar-refractivity contribution in [3.63, 3.8) is 0 Å². The number of fused-ring (bicyclic) bond motifs is 1. The number of aromatic nitrogens is 2. The van der Waals surface area contributed by atoms with E-state index in [0.29, 0.717) is 22.8 Å². The van der Waals surface area contributed by atoms with Gasteiger partial charge in [-0.2, -0.15) is 0 Å². The summed E-state index contributed by atoms with van der Waals surface area (Å²) in [6, 6.07) is 5.57. The zero-order valence-corrected chi connectivity index (χ0v) is 15.1. The third kappa shape index (κ3) is 2.97. The second-order valence-corrected chi connectivity index (χ2v) is 7.43. The number of hydrogen-bond acceptors (Lipinski definition) is 5. The number of hydrogen-bond donors (Lipinski definition) is 0. The van der Waals surface area contributed by atoms with E-state index in [2.05, 4.69) is 14.9 Å². The molecule has 2 aliphatic rings. The van der Waals surface area contributed by atoms with Crippen molar-refractivity contribution < 1.29 is 9.53 Å². The van der Waals surface area contributed by atoms with Crippen LogP contribution in [0.4, 0.5) is 5.82 Å².